The average Bonchev–Trinajstić information content (AvgIpc) is 2.22. The van der Waals surface area contributed by atoms with Crippen molar-refractivity contribution < 1.29 is 9.47 Å². The van der Waals surface area contributed by atoms with Crippen molar-refractivity contribution in [3.8, 4) is 0 Å². The van der Waals surface area contributed by atoms with Crippen LogP contribution in [0.4, 0.5) is 0 Å². The first kappa shape index (κ1) is 11.2. The molecule has 1 heterocycles. The maximum absolute atomic E-state index is 5.91. The van der Waals surface area contributed by atoms with E-state index in [1.165, 1.54) is 0 Å². The Hall–Kier alpha value is -0.830. The van der Waals surface area contributed by atoms with Crippen molar-refractivity contribution in [3.05, 3.63) is 23.3 Å². The van der Waals surface area contributed by atoms with Gasteiger partial charge >= 0.3 is 0 Å². The Balaban J connectivity index is 3.09. The molecule has 4 heteroatoms. The van der Waals surface area contributed by atoms with Crippen LogP contribution in [0.3, 0.4) is 0 Å². The van der Waals surface area contributed by atoms with E-state index in [0.29, 0.717) is 11.6 Å². The number of rotatable bonds is 3. The largest absolute Gasteiger partial charge is 0.493 e. The van der Waals surface area contributed by atoms with Crippen molar-refractivity contribution in [3.63, 3.8) is 0 Å². The van der Waals surface area contributed by atoms with E-state index >= 15 is 0 Å². The van der Waals surface area contributed by atoms with Crippen LogP contribution in [0.1, 0.15) is 13.8 Å². The molecule has 0 aliphatic carbocycles. The Labute approximate surface area is 89.7 Å². The predicted octanol–water partition coefficient (Wildman–Crippen LogP) is 2.00. The van der Waals surface area contributed by atoms with Gasteiger partial charge in [-0.3, -0.25) is 0 Å². The molecule has 1 aliphatic rings. The van der Waals surface area contributed by atoms with Gasteiger partial charge < -0.3 is 14.8 Å². The number of hydrogen-bond acceptors (Lipinski definition) is 3. The Kier molecular flexibility index (Phi) is 3.32. The number of ether oxygens (including phenoxy) is 2. The zero-order valence-corrected chi connectivity index (χ0v) is 9.73. The summed E-state index contributed by atoms with van der Waals surface area (Å²) in [6.07, 6.45) is 1.79. The van der Waals surface area contributed by atoms with Crippen LogP contribution < -0.4 is 5.32 Å². The SMILES string of the molecule is COC1=CNC(C)(CCl)C(C)=C1OC. The molecule has 0 aromatic heterocycles. The summed E-state index contributed by atoms with van der Waals surface area (Å²) in [5.41, 5.74) is 0.795. The molecule has 0 spiro atoms. The molecule has 1 aliphatic heterocycles. The molecule has 14 heavy (non-hydrogen) atoms. The van der Waals surface area contributed by atoms with Gasteiger partial charge in [-0.2, -0.15) is 0 Å². The highest BCUT2D eigenvalue weighted by atomic mass is 35.5. The van der Waals surface area contributed by atoms with Gasteiger partial charge in [-0.1, -0.05) is 0 Å². The molecule has 0 aromatic carbocycles. The number of dihydropyridines is 1. The van der Waals surface area contributed by atoms with Gasteiger partial charge in [-0.15, -0.1) is 11.6 Å². The zero-order chi connectivity index (χ0) is 10.8. The van der Waals surface area contributed by atoms with E-state index in [4.69, 9.17) is 21.1 Å². The zero-order valence-electron chi connectivity index (χ0n) is 8.98. The van der Waals surface area contributed by atoms with E-state index in [9.17, 15) is 0 Å². The van der Waals surface area contributed by atoms with Crippen LogP contribution in [0, 0.1) is 0 Å². The maximum Gasteiger partial charge on any atom is 0.176 e. The lowest BCUT2D eigenvalue weighted by atomic mass is 9.91. The van der Waals surface area contributed by atoms with E-state index < -0.39 is 0 Å². The van der Waals surface area contributed by atoms with Crippen LogP contribution in [0.2, 0.25) is 0 Å². The molecule has 1 unspecified atom stereocenters. The number of alkyl halides is 1. The minimum atomic E-state index is -0.255. The number of hydrogen-bond donors (Lipinski definition) is 1. The molecule has 80 valence electrons. The minimum Gasteiger partial charge on any atom is -0.493 e. The Bertz CT molecular complexity index is 286. The van der Waals surface area contributed by atoms with Crippen molar-refractivity contribution in [2.24, 2.45) is 0 Å². The second-order valence-corrected chi connectivity index (χ2v) is 3.75. The van der Waals surface area contributed by atoms with Crippen molar-refractivity contribution in [1.82, 2.24) is 5.32 Å². The molecule has 0 fully saturated rings. The average molecular weight is 218 g/mol. The molecule has 0 bridgehead atoms. The highest BCUT2D eigenvalue weighted by Gasteiger charge is 2.32. The third-order valence-corrected chi connectivity index (χ3v) is 3.14. The summed E-state index contributed by atoms with van der Waals surface area (Å²) in [6, 6.07) is 0. The Morgan fingerprint density at radius 2 is 2.07 bits per heavy atom. The lowest BCUT2D eigenvalue weighted by Gasteiger charge is -2.34. The van der Waals surface area contributed by atoms with Gasteiger partial charge in [0.2, 0.25) is 0 Å². The number of nitrogens with one attached hydrogen (secondary N) is 1. The molecular weight excluding hydrogens is 202 g/mol. The minimum absolute atomic E-state index is 0.255. The lowest BCUT2D eigenvalue weighted by molar-refractivity contribution is 0.203. The molecule has 1 N–H and O–H groups in total. The van der Waals surface area contributed by atoms with Gasteiger partial charge in [0.05, 0.1) is 19.8 Å². The van der Waals surface area contributed by atoms with Crippen molar-refractivity contribution in [2.75, 3.05) is 20.1 Å². The first-order chi connectivity index (χ1) is 6.59. The smallest absolute Gasteiger partial charge is 0.176 e. The summed E-state index contributed by atoms with van der Waals surface area (Å²) < 4.78 is 10.5. The Morgan fingerprint density at radius 1 is 1.43 bits per heavy atom. The van der Waals surface area contributed by atoms with E-state index in [1.54, 1.807) is 20.4 Å². The number of methoxy groups -OCH3 is 2. The second kappa shape index (κ2) is 4.13. The molecule has 1 rings (SSSR count). The van der Waals surface area contributed by atoms with E-state index in [-0.39, 0.29) is 5.54 Å². The maximum atomic E-state index is 5.91. The monoisotopic (exact) mass is 217 g/mol. The van der Waals surface area contributed by atoms with Crippen LogP contribution >= 0.6 is 11.6 Å². The van der Waals surface area contributed by atoms with Crippen LogP contribution in [0.5, 0.6) is 0 Å². The van der Waals surface area contributed by atoms with E-state index in [1.807, 2.05) is 13.8 Å². The predicted molar refractivity (Wildman–Crippen MR) is 57.1 cm³/mol. The summed E-state index contributed by atoms with van der Waals surface area (Å²) in [6.45, 7) is 4.01. The topological polar surface area (TPSA) is 30.5 Å². The normalized spacial score (nSPS) is 26.8. The molecule has 1 atom stereocenters. The van der Waals surface area contributed by atoms with Gasteiger partial charge in [0, 0.05) is 12.1 Å². The molecule has 0 saturated heterocycles. The quantitative estimate of drug-likeness (QED) is 0.734. The third-order valence-electron chi connectivity index (χ3n) is 2.61. The van der Waals surface area contributed by atoms with Crippen LogP contribution in [0.25, 0.3) is 0 Å². The fourth-order valence-electron chi connectivity index (χ4n) is 1.38. The van der Waals surface area contributed by atoms with Gasteiger partial charge in [0.1, 0.15) is 0 Å². The Morgan fingerprint density at radius 3 is 2.50 bits per heavy atom. The first-order valence-electron chi connectivity index (χ1n) is 4.42. The van der Waals surface area contributed by atoms with Crippen LogP contribution in [-0.2, 0) is 9.47 Å². The first-order valence-corrected chi connectivity index (χ1v) is 4.96. The van der Waals surface area contributed by atoms with Gasteiger partial charge in [0.25, 0.3) is 0 Å². The fourth-order valence-corrected chi connectivity index (χ4v) is 1.66. The standard InChI is InChI=1S/C10H16ClNO2/c1-7-9(14-4)8(13-3)5-12-10(7,2)6-11/h5,12H,6H2,1-4H3. The lowest BCUT2D eigenvalue weighted by Crippen LogP contribution is -2.45. The molecule has 0 aromatic rings. The third kappa shape index (κ3) is 1.69. The van der Waals surface area contributed by atoms with Gasteiger partial charge in [0.15, 0.2) is 11.5 Å². The summed E-state index contributed by atoms with van der Waals surface area (Å²) in [5, 5.41) is 3.20. The van der Waals surface area contributed by atoms with Crippen LogP contribution in [0.15, 0.2) is 23.3 Å². The van der Waals surface area contributed by atoms with Crippen LogP contribution in [-0.4, -0.2) is 25.6 Å². The van der Waals surface area contributed by atoms with Crippen molar-refractivity contribution >= 4 is 11.6 Å². The molecule has 0 radical (unpaired) electrons. The fraction of sp³-hybridized carbons (Fsp3) is 0.600. The molecule has 3 nitrogen and oxygen atoms in total. The summed E-state index contributed by atoms with van der Waals surface area (Å²) in [5.74, 6) is 1.95. The van der Waals surface area contributed by atoms with E-state index in [2.05, 4.69) is 5.32 Å². The summed E-state index contributed by atoms with van der Waals surface area (Å²) in [7, 11) is 3.24. The van der Waals surface area contributed by atoms with Gasteiger partial charge in [-0.05, 0) is 19.4 Å². The highest BCUT2D eigenvalue weighted by molar-refractivity contribution is 6.19. The van der Waals surface area contributed by atoms with E-state index in [0.717, 1.165) is 11.3 Å². The molecular formula is C10H16ClNO2. The highest BCUT2D eigenvalue weighted by Crippen LogP contribution is 2.29. The molecule has 0 amide bonds. The summed E-state index contributed by atoms with van der Waals surface area (Å²) in [4.78, 5) is 0. The van der Waals surface area contributed by atoms with Gasteiger partial charge in [-0.25, -0.2) is 0 Å². The molecule has 0 saturated carbocycles. The second-order valence-electron chi connectivity index (χ2n) is 3.48. The van der Waals surface area contributed by atoms with Crippen molar-refractivity contribution in [2.45, 2.75) is 19.4 Å². The van der Waals surface area contributed by atoms with Crippen molar-refractivity contribution in [1.29, 1.82) is 0 Å². The summed E-state index contributed by atoms with van der Waals surface area (Å²) >= 11 is 5.91. The number of halogens is 1.